The van der Waals surface area contributed by atoms with Gasteiger partial charge in [-0.2, -0.15) is 4.31 Å². The zero-order chi connectivity index (χ0) is 15.9. The highest BCUT2D eigenvalue weighted by molar-refractivity contribution is 7.89. The van der Waals surface area contributed by atoms with Crippen LogP contribution in [0.4, 0.5) is 0 Å². The number of carbonyl (C=O) groups is 1. The molecule has 0 aromatic carbocycles. The molecule has 0 bridgehead atoms. The first-order chi connectivity index (χ1) is 9.97. The Morgan fingerprint density at radius 3 is 2.33 bits per heavy atom. The van der Waals surface area contributed by atoms with Gasteiger partial charge in [0.15, 0.2) is 0 Å². The number of nitrogens with zero attached hydrogens (tertiary/aromatic N) is 1. The van der Waals surface area contributed by atoms with Crippen molar-refractivity contribution in [1.82, 2.24) is 14.7 Å². The second kappa shape index (κ2) is 8.16. The van der Waals surface area contributed by atoms with E-state index in [1.54, 1.807) is 0 Å². The van der Waals surface area contributed by atoms with Crippen molar-refractivity contribution >= 4 is 15.9 Å². The average molecular weight is 316 g/mol. The predicted octanol–water partition coefficient (Wildman–Crippen LogP) is 1.21. The molecule has 120 valence electrons. The van der Waals surface area contributed by atoms with Gasteiger partial charge in [0.1, 0.15) is 10.6 Å². The van der Waals surface area contributed by atoms with Crippen LogP contribution in [0.5, 0.6) is 0 Å². The van der Waals surface area contributed by atoms with Crippen molar-refractivity contribution in [3.05, 3.63) is 18.0 Å². The Morgan fingerprint density at radius 2 is 1.86 bits per heavy atom. The molecule has 4 N–H and O–H groups in total. The molecule has 0 saturated carbocycles. The van der Waals surface area contributed by atoms with E-state index in [-0.39, 0.29) is 10.6 Å². The topological polar surface area (TPSA) is 108 Å². The number of unbranched alkanes of at least 4 members (excludes halogenated alkanes) is 2. The summed E-state index contributed by atoms with van der Waals surface area (Å²) in [6.45, 7) is 5.01. The number of aromatic amines is 1. The molecule has 1 amide bonds. The molecule has 0 aliphatic carbocycles. The summed E-state index contributed by atoms with van der Waals surface area (Å²) in [5.74, 6) is 4.48. The molecule has 1 heterocycles. The van der Waals surface area contributed by atoms with Gasteiger partial charge in [0.2, 0.25) is 10.0 Å². The number of carbonyl (C=O) groups excluding carboxylic acids is 1. The fourth-order valence-electron chi connectivity index (χ4n) is 1.90. The third-order valence-electron chi connectivity index (χ3n) is 3.19. The number of aromatic nitrogens is 1. The Bertz CT molecular complexity index is 546. The van der Waals surface area contributed by atoms with E-state index in [9.17, 15) is 13.2 Å². The van der Waals surface area contributed by atoms with Crippen molar-refractivity contribution in [3.8, 4) is 0 Å². The molecule has 1 aromatic heterocycles. The van der Waals surface area contributed by atoms with E-state index in [0.29, 0.717) is 13.1 Å². The molecular formula is C13H24N4O3S. The van der Waals surface area contributed by atoms with E-state index >= 15 is 0 Å². The number of nitrogens with two attached hydrogens (primary N) is 1. The number of nitrogens with one attached hydrogen (secondary N) is 2. The molecule has 21 heavy (non-hydrogen) atoms. The third-order valence-corrected chi connectivity index (χ3v) is 5.07. The van der Waals surface area contributed by atoms with Gasteiger partial charge in [-0.1, -0.05) is 26.7 Å². The maximum absolute atomic E-state index is 12.6. The number of rotatable bonds is 9. The molecule has 1 aromatic rings. The van der Waals surface area contributed by atoms with Crippen LogP contribution in [0.15, 0.2) is 17.2 Å². The van der Waals surface area contributed by atoms with Crippen molar-refractivity contribution in [2.75, 3.05) is 13.1 Å². The SMILES string of the molecule is CCCCN(CCCC)S(=O)(=O)c1c[nH]c(C(=O)NN)c1. The van der Waals surface area contributed by atoms with Gasteiger partial charge in [-0.3, -0.25) is 10.2 Å². The minimum Gasteiger partial charge on any atom is -0.356 e. The van der Waals surface area contributed by atoms with E-state index in [0.717, 1.165) is 25.7 Å². The predicted molar refractivity (Wildman–Crippen MR) is 81.0 cm³/mol. The molecule has 7 nitrogen and oxygen atoms in total. The molecule has 0 radical (unpaired) electrons. The summed E-state index contributed by atoms with van der Waals surface area (Å²) in [5.41, 5.74) is 2.09. The van der Waals surface area contributed by atoms with Gasteiger partial charge in [0.25, 0.3) is 5.91 Å². The quantitative estimate of drug-likeness (QED) is 0.361. The summed E-state index contributed by atoms with van der Waals surface area (Å²) in [5, 5.41) is 0. The van der Waals surface area contributed by atoms with Crippen molar-refractivity contribution < 1.29 is 13.2 Å². The Kier molecular flexibility index (Phi) is 6.86. The van der Waals surface area contributed by atoms with Crippen LogP contribution in [0.25, 0.3) is 0 Å². The van der Waals surface area contributed by atoms with E-state index in [2.05, 4.69) is 4.98 Å². The zero-order valence-corrected chi connectivity index (χ0v) is 13.4. The van der Waals surface area contributed by atoms with E-state index < -0.39 is 15.9 Å². The maximum Gasteiger partial charge on any atom is 0.281 e. The van der Waals surface area contributed by atoms with Gasteiger partial charge in [0.05, 0.1) is 0 Å². The first-order valence-electron chi connectivity index (χ1n) is 7.16. The minimum atomic E-state index is -3.59. The average Bonchev–Trinajstić information content (AvgIpc) is 2.97. The first-order valence-corrected chi connectivity index (χ1v) is 8.60. The lowest BCUT2D eigenvalue weighted by atomic mass is 10.3. The van der Waals surface area contributed by atoms with Gasteiger partial charge in [-0.15, -0.1) is 0 Å². The van der Waals surface area contributed by atoms with Crippen molar-refractivity contribution in [2.24, 2.45) is 5.84 Å². The molecule has 0 aliphatic rings. The van der Waals surface area contributed by atoms with Crippen molar-refractivity contribution in [2.45, 2.75) is 44.4 Å². The highest BCUT2D eigenvalue weighted by Gasteiger charge is 2.25. The molecule has 1 rings (SSSR count). The molecule has 0 spiro atoms. The van der Waals surface area contributed by atoms with Gasteiger partial charge in [-0.05, 0) is 18.9 Å². The van der Waals surface area contributed by atoms with Crippen LogP contribution in [0, 0.1) is 0 Å². The molecule has 0 atom stereocenters. The number of hydrazine groups is 1. The largest absolute Gasteiger partial charge is 0.356 e. The number of sulfonamides is 1. The summed E-state index contributed by atoms with van der Waals surface area (Å²) in [6, 6.07) is 1.31. The van der Waals surface area contributed by atoms with E-state index in [4.69, 9.17) is 5.84 Å². The number of nitrogen functional groups attached to an aromatic ring is 1. The second-order valence-electron chi connectivity index (χ2n) is 4.83. The highest BCUT2D eigenvalue weighted by Crippen LogP contribution is 2.18. The van der Waals surface area contributed by atoms with Crippen LogP contribution in [-0.4, -0.2) is 36.7 Å². The molecular weight excluding hydrogens is 292 g/mol. The van der Waals surface area contributed by atoms with E-state index in [1.165, 1.54) is 16.6 Å². The summed E-state index contributed by atoms with van der Waals surface area (Å²) in [6.07, 6.45) is 4.79. The van der Waals surface area contributed by atoms with Crippen LogP contribution in [-0.2, 0) is 10.0 Å². The minimum absolute atomic E-state index is 0.0910. The van der Waals surface area contributed by atoms with Crippen LogP contribution >= 0.6 is 0 Å². The molecule has 0 saturated heterocycles. The summed E-state index contributed by atoms with van der Waals surface area (Å²) in [7, 11) is -3.59. The van der Waals surface area contributed by atoms with Crippen LogP contribution in [0.3, 0.4) is 0 Å². The Hall–Kier alpha value is -1.38. The van der Waals surface area contributed by atoms with E-state index in [1.807, 2.05) is 19.3 Å². The van der Waals surface area contributed by atoms with Gasteiger partial charge < -0.3 is 4.98 Å². The van der Waals surface area contributed by atoms with Crippen LogP contribution < -0.4 is 11.3 Å². The number of hydrogen-bond acceptors (Lipinski definition) is 4. The summed E-state index contributed by atoms with van der Waals surface area (Å²) < 4.78 is 26.7. The monoisotopic (exact) mass is 316 g/mol. The lowest BCUT2D eigenvalue weighted by Gasteiger charge is -2.21. The molecule has 0 fully saturated rings. The molecule has 8 heteroatoms. The van der Waals surface area contributed by atoms with Crippen LogP contribution in [0.1, 0.15) is 50.0 Å². The van der Waals surface area contributed by atoms with Crippen molar-refractivity contribution in [3.63, 3.8) is 0 Å². The van der Waals surface area contributed by atoms with Crippen molar-refractivity contribution in [1.29, 1.82) is 0 Å². The molecule has 0 aliphatic heterocycles. The Morgan fingerprint density at radius 1 is 1.29 bits per heavy atom. The van der Waals surface area contributed by atoms with Gasteiger partial charge in [-0.25, -0.2) is 14.3 Å². The fraction of sp³-hybridized carbons (Fsp3) is 0.615. The fourth-order valence-corrected chi connectivity index (χ4v) is 3.41. The second-order valence-corrected chi connectivity index (χ2v) is 6.77. The number of H-pyrrole nitrogens is 1. The standard InChI is InChI=1S/C13H24N4O3S/c1-3-5-7-17(8-6-4-2)21(19,20)11-9-12(15-10-11)13(18)16-14/h9-10,15H,3-8,14H2,1-2H3,(H,16,18). The Labute approximate surface area is 125 Å². The Balaban J connectivity index is 2.98. The van der Waals surface area contributed by atoms with Crippen LogP contribution in [0.2, 0.25) is 0 Å². The van der Waals surface area contributed by atoms with Gasteiger partial charge in [0, 0.05) is 19.3 Å². The maximum atomic E-state index is 12.6. The van der Waals surface area contributed by atoms with Gasteiger partial charge >= 0.3 is 0 Å². The third kappa shape index (κ3) is 4.55. The summed E-state index contributed by atoms with van der Waals surface area (Å²) in [4.78, 5) is 14.1. The first kappa shape index (κ1) is 17.7. The highest BCUT2D eigenvalue weighted by atomic mass is 32.2. The number of hydrogen-bond donors (Lipinski definition) is 3. The smallest absolute Gasteiger partial charge is 0.281 e. The summed E-state index contributed by atoms with van der Waals surface area (Å²) >= 11 is 0. The lowest BCUT2D eigenvalue weighted by Crippen LogP contribution is -2.33. The normalized spacial score (nSPS) is 11.8. The lowest BCUT2D eigenvalue weighted by molar-refractivity contribution is 0.0949. The zero-order valence-electron chi connectivity index (χ0n) is 12.6. The molecule has 0 unspecified atom stereocenters. The number of amides is 1.